The molecule has 0 fully saturated rings. The molecule has 0 amide bonds. The summed E-state index contributed by atoms with van der Waals surface area (Å²) < 4.78 is 45.8. The molecule has 0 atom stereocenters. The van der Waals surface area contributed by atoms with Crippen LogP contribution in [0.15, 0.2) is 16.1 Å². The normalized spacial score (nSPS) is 20.3. The van der Waals surface area contributed by atoms with Crippen LogP contribution < -0.4 is 0 Å². The minimum atomic E-state index is -3.68. The Kier molecular flexibility index (Phi) is 3.42. The molecule has 0 bridgehead atoms. The van der Waals surface area contributed by atoms with Gasteiger partial charge in [-0.2, -0.15) is 0 Å². The summed E-state index contributed by atoms with van der Waals surface area (Å²) in [5.41, 5.74) is 0. The Labute approximate surface area is 97.2 Å². The van der Waals surface area contributed by atoms with Gasteiger partial charge in [-0.15, -0.1) is 0 Å². The first kappa shape index (κ1) is 12.9. The van der Waals surface area contributed by atoms with Crippen LogP contribution in [0.4, 0.5) is 0 Å². The van der Waals surface area contributed by atoms with Gasteiger partial charge in [0.05, 0.1) is 15.9 Å². The molecule has 0 aromatic rings. The van der Waals surface area contributed by atoms with Crippen molar-refractivity contribution in [2.24, 2.45) is 4.99 Å². The monoisotopic (exact) mass is 315 g/mol. The van der Waals surface area contributed by atoms with E-state index in [1.165, 1.54) is 13.8 Å². The van der Waals surface area contributed by atoms with Crippen molar-refractivity contribution in [2.45, 2.75) is 19.1 Å². The third kappa shape index (κ3) is 2.48. The fraction of sp³-hybridized carbons (Fsp3) is 0.571. The van der Waals surface area contributed by atoms with Gasteiger partial charge in [0.2, 0.25) is 13.8 Å². The summed E-state index contributed by atoms with van der Waals surface area (Å²) in [5.74, 6) is -0.494. The van der Waals surface area contributed by atoms with Gasteiger partial charge >= 0.3 is 0 Å². The zero-order chi connectivity index (χ0) is 11.9. The van der Waals surface area contributed by atoms with Crippen molar-refractivity contribution < 1.29 is 16.8 Å². The van der Waals surface area contributed by atoms with Crippen molar-refractivity contribution in [2.75, 3.05) is 5.75 Å². The zero-order valence-electron chi connectivity index (χ0n) is 8.14. The second-order valence-electron chi connectivity index (χ2n) is 3.34. The molecule has 0 saturated heterocycles. The Balaban J connectivity index is 3.00. The molecule has 0 aliphatic carbocycles. The maximum Gasteiger partial charge on any atom is 0.229 e. The molecule has 0 N–H and O–H groups in total. The van der Waals surface area contributed by atoms with Crippen molar-refractivity contribution >= 4 is 39.6 Å². The lowest BCUT2D eigenvalue weighted by Gasteiger charge is -2.07. The molecule has 1 aliphatic heterocycles. The van der Waals surface area contributed by atoms with E-state index >= 15 is 0 Å². The van der Waals surface area contributed by atoms with E-state index in [0.29, 0.717) is 0 Å². The average Bonchev–Trinajstić information content (AvgIpc) is 2.31. The molecule has 0 aromatic carbocycles. The number of sulfone groups is 2. The predicted molar refractivity (Wildman–Crippen MR) is 62.3 cm³/mol. The number of nitrogens with zero attached hydrogens (tertiary/aromatic N) is 1. The quantitative estimate of drug-likeness (QED) is 0.772. The van der Waals surface area contributed by atoms with Crippen molar-refractivity contribution in [1.82, 2.24) is 0 Å². The van der Waals surface area contributed by atoms with E-state index in [2.05, 4.69) is 20.9 Å². The number of aliphatic imine (C=N–C) groups is 1. The van der Waals surface area contributed by atoms with E-state index in [1.807, 2.05) is 0 Å². The minimum absolute atomic E-state index is 0.178. The molecule has 0 radical (unpaired) electrons. The highest BCUT2D eigenvalue weighted by molar-refractivity contribution is 9.21. The van der Waals surface area contributed by atoms with E-state index in [0.717, 1.165) is 6.20 Å². The number of hydrogen-bond acceptors (Lipinski definition) is 5. The van der Waals surface area contributed by atoms with E-state index in [-0.39, 0.29) is 8.86 Å². The van der Waals surface area contributed by atoms with Crippen LogP contribution in [-0.4, -0.2) is 31.8 Å². The lowest BCUT2D eigenvalue weighted by Crippen LogP contribution is -2.22. The number of rotatable bonds is 3. The third-order valence-corrected chi connectivity index (χ3v) is 7.24. The van der Waals surface area contributed by atoms with Crippen LogP contribution in [0.5, 0.6) is 0 Å². The number of halogens is 1. The second kappa shape index (κ2) is 3.99. The summed E-state index contributed by atoms with van der Waals surface area (Å²) in [4.78, 5) is 3.36. The van der Waals surface area contributed by atoms with Gasteiger partial charge in [0, 0.05) is 6.20 Å². The highest BCUT2D eigenvalue weighted by atomic mass is 79.9. The van der Waals surface area contributed by atoms with Crippen LogP contribution in [-0.2, 0) is 19.7 Å². The van der Waals surface area contributed by atoms with Gasteiger partial charge in [0.1, 0.15) is 0 Å². The minimum Gasteiger partial charge on any atom is -0.236 e. The first-order chi connectivity index (χ1) is 6.68. The third-order valence-electron chi connectivity index (χ3n) is 1.94. The van der Waals surface area contributed by atoms with Gasteiger partial charge in [0.25, 0.3) is 0 Å². The summed E-state index contributed by atoms with van der Waals surface area (Å²) in [7, 11) is -7.10. The molecule has 15 heavy (non-hydrogen) atoms. The summed E-state index contributed by atoms with van der Waals surface area (Å²) in [6.45, 7) is 3.01. The maximum absolute atomic E-state index is 11.5. The topological polar surface area (TPSA) is 80.6 Å². The summed E-state index contributed by atoms with van der Waals surface area (Å²) in [6, 6.07) is 0. The molecule has 1 heterocycles. The van der Waals surface area contributed by atoms with E-state index in [9.17, 15) is 16.8 Å². The molecule has 1 aliphatic rings. The predicted octanol–water partition coefficient (Wildman–Crippen LogP) is 0.830. The molecule has 1 rings (SSSR count). The largest absolute Gasteiger partial charge is 0.236 e. The Morgan fingerprint density at radius 3 is 2.33 bits per heavy atom. The van der Waals surface area contributed by atoms with Gasteiger partial charge in [-0.25, -0.2) is 21.8 Å². The second-order valence-corrected chi connectivity index (χ2v) is 9.09. The molecule has 5 nitrogen and oxygen atoms in total. The van der Waals surface area contributed by atoms with Crippen LogP contribution in [0.1, 0.15) is 13.8 Å². The lowest BCUT2D eigenvalue weighted by molar-refractivity contribution is 0.588. The Bertz CT molecular complexity index is 527. The van der Waals surface area contributed by atoms with Gasteiger partial charge in [0.15, 0.2) is 9.84 Å². The van der Waals surface area contributed by atoms with Gasteiger partial charge in [-0.3, -0.25) is 0 Å². The van der Waals surface area contributed by atoms with Crippen molar-refractivity contribution in [3.63, 3.8) is 0 Å². The summed E-state index contributed by atoms with van der Waals surface area (Å²) in [6.07, 6.45) is 1.07. The summed E-state index contributed by atoms with van der Waals surface area (Å²) >= 11 is 2.76. The Morgan fingerprint density at radius 1 is 1.47 bits per heavy atom. The first-order valence-electron chi connectivity index (χ1n) is 4.07. The van der Waals surface area contributed by atoms with E-state index < -0.39 is 30.7 Å². The summed E-state index contributed by atoms with van der Waals surface area (Å²) in [5, 5.41) is -0.604. The van der Waals surface area contributed by atoms with Crippen molar-refractivity contribution in [1.29, 1.82) is 0 Å². The van der Waals surface area contributed by atoms with E-state index in [1.54, 1.807) is 0 Å². The van der Waals surface area contributed by atoms with Crippen LogP contribution in [0.3, 0.4) is 0 Å². The van der Waals surface area contributed by atoms with Crippen molar-refractivity contribution in [3.8, 4) is 0 Å². The van der Waals surface area contributed by atoms with Crippen LogP contribution in [0.25, 0.3) is 0 Å². The fourth-order valence-electron chi connectivity index (χ4n) is 0.849. The van der Waals surface area contributed by atoms with E-state index in [4.69, 9.17) is 0 Å². The molecular formula is C7H10BrNO4S2. The molecule has 0 aromatic heterocycles. The molecule has 0 saturated carbocycles. The highest BCUT2D eigenvalue weighted by Gasteiger charge is 2.32. The van der Waals surface area contributed by atoms with Crippen molar-refractivity contribution in [3.05, 3.63) is 11.1 Å². The Morgan fingerprint density at radius 2 is 2.00 bits per heavy atom. The highest BCUT2D eigenvalue weighted by Crippen LogP contribution is 2.23. The van der Waals surface area contributed by atoms with Crippen LogP contribution >= 0.6 is 15.9 Å². The standard InChI is InChI=1S/C7H10BrNO4S2/c1-5(2)14(10,11)4-6-3-9-7(8)15(6,12)13/h3,5H,4H2,1-2H3. The van der Waals surface area contributed by atoms with Crippen LogP contribution in [0, 0.1) is 0 Å². The lowest BCUT2D eigenvalue weighted by atomic mass is 10.6. The maximum atomic E-state index is 11.5. The van der Waals surface area contributed by atoms with Gasteiger partial charge in [-0.1, -0.05) is 0 Å². The smallest absolute Gasteiger partial charge is 0.229 e. The average molecular weight is 316 g/mol. The van der Waals surface area contributed by atoms with Crippen LogP contribution in [0.2, 0.25) is 0 Å². The van der Waals surface area contributed by atoms with Gasteiger partial charge in [-0.05, 0) is 29.8 Å². The fourth-order valence-corrected chi connectivity index (χ4v) is 4.09. The Hall–Kier alpha value is -0.210. The first-order valence-corrected chi connectivity index (χ1v) is 8.06. The van der Waals surface area contributed by atoms with Gasteiger partial charge < -0.3 is 0 Å². The molecule has 0 unspecified atom stereocenters. The number of hydrogen-bond donors (Lipinski definition) is 0. The SMILES string of the molecule is CC(C)S(=O)(=O)CC1=CN=C(Br)S1(=O)=O. The molecule has 86 valence electrons. The molecular weight excluding hydrogens is 306 g/mol. The molecule has 0 spiro atoms. The zero-order valence-corrected chi connectivity index (χ0v) is 11.4. The molecule has 8 heteroatoms.